The van der Waals surface area contributed by atoms with Crippen LogP contribution in [0, 0.1) is 18.2 Å². The zero-order chi connectivity index (χ0) is 20.6. The number of Topliss-reactive ketones (excluding diaryl/α,β-unsaturated/α-hetero) is 1. The number of nitrogens with zero attached hydrogens (tertiary/aromatic N) is 1. The van der Waals surface area contributed by atoms with Crippen molar-refractivity contribution in [2.75, 3.05) is 13.1 Å². The molecule has 1 aliphatic carbocycles. The first-order chi connectivity index (χ1) is 13.8. The van der Waals surface area contributed by atoms with Gasteiger partial charge in [-0.05, 0) is 66.5 Å². The molecule has 0 saturated carbocycles. The van der Waals surface area contributed by atoms with E-state index in [4.69, 9.17) is 11.6 Å². The van der Waals surface area contributed by atoms with Crippen LogP contribution < -0.4 is 5.32 Å². The molecule has 1 aliphatic heterocycles. The number of carbonyl (C=O) groups excluding carboxylic acids is 2. The van der Waals surface area contributed by atoms with Crippen LogP contribution in [-0.4, -0.2) is 29.8 Å². The van der Waals surface area contributed by atoms with Crippen molar-refractivity contribution in [3.63, 3.8) is 0 Å². The summed E-state index contributed by atoms with van der Waals surface area (Å²) in [6, 6.07) is 10.2. The average molecular weight is 415 g/mol. The summed E-state index contributed by atoms with van der Waals surface area (Å²) in [6.07, 6.45) is 2.74. The van der Waals surface area contributed by atoms with Crippen molar-refractivity contribution in [1.29, 1.82) is 0 Å². The monoisotopic (exact) mass is 414 g/mol. The fraction of sp³-hybridized carbons (Fsp3) is 0.391. The molecule has 2 aromatic carbocycles. The minimum absolute atomic E-state index is 0.0117. The molecule has 1 saturated heterocycles. The van der Waals surface area contributed by atoms with Gasteiger partial charge in [0, 0.05) is 36.6 Å². The zero-order valence-electron chi connectivity index (χ0n) is 16.4. The second-order valence-corrected chi connectivity index (χ2v) is 8.73. The third-order valence-corrected chi connectivity index (χ3v) is 6.58. The van der Waals surface area contributed by atoms with Crippen molar-refractivity contribution in [3.05, 3.63) is 69.5 Å². The van der Waals surface area contributed by atoms with Crippen LogP contribution in [0.15, 0.2) is 36.4 Å². The number of carbonyl (C=O) groups is 2. The minimum Gasteiger partial charge on any atom is -0.334 e. The molecule has 0 radical (unpaired) electrons. The third-order valence-electron chi connectivity index (χ3n) is 6.22. The van der Waals surface area contributed by atoms with Crippen LogP contribution in [0.5, 0.6) is 0 Å². The average Bonchev–Trinajstić information content (AvgIpc) is 2.68. The van der Waals surface area contributed by atoms with Crippen molar-refractivity contribution < 1.29 is 14.0 Å². The summed E-state index contributed by atoms with van der Waals surface area (Å²) < 4.78 is 13.5. The Hall–Kier alpha value is -2.40. The highest BCUT2D eigenvalue weighted by Gasteiger charge is 2.41. The van der Waals surface area contributed by atoms with Crippen LogP contribution in [0.2, 0.25) is 5.02 Å². The van der Waals surface area contributed by atoms with E-state index < -0.39 is 0 Å². The maximum Gasteiger partial charge on any atom is 0.317 e. The van der Waals surface area contributed by atoms with E-state index in [1.165, 1.54) is 12.1 Å². The van der Waals surface area contributed by atoms with Crippen molar-refractivity contribution in [2.24, 2.45) is 5.41 Å². The highest BCUT2D eigenvalue weighted by atomic mass is 35.5. The summed E-state index contributed by atoms with van der Waals surface area (Å²) in [7, 11) is 0. The van der Waals surface area contributed by atoms with E-state index in [0.717, 1.165) is 36.0 Å². The number of ketones is 1. The van der Waals surface area contributed by atoms with Gasteiger partial charge in [0.25, 0.3) is 0 Å². The second-order valence-electron chi connectivity index (χ2n) is 8.32. The van der Waals surface area contributed by atoms with Crippen molar-refractivity contribution >= 4 is 23.4 Å². The van der Waals surface area contributed by atoms with Gasteiger partial charge in [-0.15, -0.1) is 0 Å². The molecule has 1 N–H and O–H groups in total. The topological polar surface area (TPSA) is 49.4 Å². The van der Waals surface area contributed by atoms with Gasteiger partial charge in [0.15, 0.2) is 5.78 Å². The Kier molecular flexibility index (Phi) is 5.34. The Morgan fingerprint density at radius 2 is 1.93 bits per heavy atom. The Morgan fingerprint density at radius 3 is 2.66 bits per heavy atom. The number of urea groups is 1. The van der Waals surface area contributed by atoms with Crippen LogP contribution >= 0.6 is 11.6 Å². The van der Waals surface area contributed by atoms with Gasteiger partial charge >= 0.3 is 6.03 Å². The first-order valence-corrected chi connectivity index (χ1v) is 10.3. The number of hydrogen-bond acceptors (Lipinski definition) is 2. The molecule has 152 valence electrons. The molecule has 4 nitrogen and oxygen atoms in total. The number of rotatable bonds is 2. The van der Waals surface area contributed by atoms with Gasteiger partial charge in [-0.1, -0.05) is 29.8 Å². The number of aryl methyl sites for hydroxylation is 1. The summed E-state index contributed by atoms with van der Waals surface area (Å²) in [5.74, 6) is -0.356. The summed E-state index contributed by atoms with van der Waals surface area (Å²) in [4.78, 5) is 27.0. The van der Waals surface area contributed by atoms with E-state index in [9.17, 15) is 14.0 Å². The maximum absolute atomic E-state index is 13.5. The van der Waals surface area contributed by atoms with E-state index in [0.29, 0.717) is 36.6 Å². The maximum atomic E-state index is 13.5. The Labute approximate surface area is 175 Å². The van der Waals surface area contributed by atoms with Crippen molar-refractivity contribution in [2.45, 2.75) is 39.2 Å². The number of fused-ring (bicyclic) bond motifs is 1. The number of nitrogens with one attached hydrogen (secondary N) is 1. The SMILES string of the molecule is Cc1ccc(CNC(=O)N2CCC3(CC2)CC(=O)c2cc(F)ccc2C3)c(Cl)c1. The van der Waals surface area contributed by atoms with E-state index in [1.54, 1.807) is 11.0 Å². The van der Waals surface area contributed by atoms with Crippen LogP contribution in [-0.2, 0) is 13.0 Å². The smallest absolute Gasteiger partial charge is 0.317 e. The molecule has 0 bridgehead atoms. The number of hydrogen-bond donors (Lipinski definition) is 1. The molecule has 1 spiro atoms. The lowest BCUT2D eigenvalue weighted by molar-refractivity contribution is 0.0735. The lowest BCUT2D eigenvalue weighted by Crippen LogP contribution is -2.49. The molecule has 29 heavy (non-hydrogen) atoms. The van der Waals surface area contributed by atoms with Gasteiger partial charge in [-0.25, -0.2) is 9.18 Å². The molecule has 2 amide bonds. The molecule has 0 aromatic heterocycles. The second kappa shape index (κ2) is 7.79. The van der Waals surface area contributed by atoms with Crippen LogP contribution in [0.25, 0.3) is 0 Å². The molecule has 1 heterocycles. The predicted octanol–water partition coefficient (Wildman–Crippen LogP) is 4.91. The van der Waals surface area contributed by atoms with Gasteiger partial charge < -0.3 is 10.2 Å². The van der Waals surface area contributed by atoms with Gasteiger partial charge in [-0.2, -0.15) is 0 Å². The van der Waals surface area contributed by atoms with Crippen LogP contribution in [0.4, 0.5) is 9.18 Å². The van der Waals surface area contributed by atoms with Gasteiger partial charge in [0.2, 0.25) is 0 Å². The molecule has 1 fully saturated rings. The molecular weight excluding hydrogens is 391 g/mol. The highest BCUT2D eigenvalue weighted by Crippen LogP contribution is 2.43. The quantitative estimate of drug-likeness (QED) is 0.759. The first kappa shape index (κ1) is 19.9. The lowest BCUT2D eigenvalue weighted by Gasteiger charge is -2.44. The number of halogens is 2. The first-order valence-electron chi connectivity index (χ1n) is 9.95. The fourth-order valence-electron chi connectivity index (χ4n) is 4.48. The van der Waals surface area contributed by atoms with Gasteiger partial charge in [-0.3, -0.25) is 4.79 Å². The minimum atomic E-state index is -0.367. The molecule has 2 aromatic rings. The van der Waals surface area contributed by atoms with E-state index in [2.05, 4.69) is 5.32 Å². The molecule has 2 aliphatic rings. The zero-order valence-corrected chi connectivity index (χ0v) is 17.2. The Bertz CT molecular complexity index is 967. The number of piperidine rings is 1. The highest BCUT2D eigenvalue weighted by molar-refractivity contribution is 6.31. The molecular formula is C23H24ClFN2O2. The van der Waals surface area contributed by atoms with Gasteiger partial charge in [0.05, 0.1) is 0 Å². The summed E-state index contributed by atoms with van der Waals surface area (Å²) >= 11 is 6.24. The lowest BCUT2D eigenvalue weighted by atomic mass is 9.66. The molecule has 6 heteroatoms. The number of amides is 2. The van der Waals surface area contributed by atoms with Crippen LogP contribution in [0.1, 0.15) is 46.3 Å². The fourth-order valence-corrected chi connectivity index (χ4v) is 4.78. The van der Waals surface area contributed by atoms with E-state index >= 15 is 0 Å². The molecule has 0 unspecified atom stereocenters. The summed E-state index contributed by atoms with van der Waals surface area (Å²) in [5.41, 5.74) is 3.29. The summed E-state index contributed by atoms with van der Waals surface area (Å²) in [5, 5.41) is 3.60. The van der Waals surface area contributed by atoms with E-state index in [1.807, 2.05) is 25.1 Å². The Balaban J connectivity index is 1.36. The Morgan fingerprint density at radius 1 is 1.17 bits per heavy atom. The van der Waals surface area contributed by atoms with Crippen LogP contribution in [0.3, 0.4) is 0 Å². The number of benzene rings is 2. The standard InChI is InChI=1S/C23H24ClFN2O2/c1-15-2-3-17(20(24)10-15)14-26-22(29)27-8-6-23(7-9-27)12-16-4-5-18(25)11-19(16)21(28)13-23/h2-5,10-11H,6-9,12-14H2,1H3,(H,26,29). The normalized spacial score (nSPS) is 17.9. The molecule has 4 rings (SSSR count). The predicted molar refractivity (Wildman–Crippen MR) is 111 cm³/mol. The number of likely N-dealkylation sites (tertiary alicyclic amines) is 1. The van der Waals surface area contributed by atoms with Crippen molar-refractivity contribution in [3.8, 4) is 0 Å². The van der Waals surface area contributed by atoms with Crippen molar-refractivity contribution in [1.82, 2.24) is 10.2 Å². The van der Waals surface area contributed by atoms with E-state index in [-0.39, 0.29) is 23.0 Å². The third kappa shape index (κ3) is 4.15. The largest absolute Gasteiger partial charge is 0.334 e. The van der Waals surface area contributed by atoms with Gasteiger partial charge in [0.1, 0.15) is 5.82 Å². The summed E-state index contributed by atoms with van der Waals surface area (Å²) in [6.45, 7) is 3.58. The molecule has 0 atom stereocenters.